The van der Waals surface area contributed by atoms with Gasteiger partial charge in [-0.25, -0.2) is 0 Å². The van der Waals surface area contributed by atoms with Crippen LogP contribution in [0.1, 0.15) is 12.5 Å². The van der Waals surface area contributed by atoms with Crippen LogP contribution in [0.4, 0.5) is 0 Å². The summed E-state index contributed by atoms with van der Waals surface area (Å²) in [6.07, 6.45) is 4.63. The van der Waals surface area contributed by atoms with Gasteiger partial charge in [0.05, 0.1) is 6.61 Å². The minimum absolute atomic E-state index is 0.358. The molecule has 1 N–H and O–H groups in total. The predicted octanol–water partition coefficient (Wildman–Crippen LogP) is 2.01. The third-order valence-electron chi connectivity index (χ3n) is 2.10. The van der Waals surface area contributed by atoms with Crippen molar-refractivity contribution in [3.05, 3.63) is 28.5 Å². The molecule has 15 heavy (non-hydrogen) atoms. The van der Waals surface area contributed by atoms with E-state index in [0.717, 1.165) is 24.0 Å². The standard InChI is InChI=1S/C11H17BrN2O/c1-3-14-11(8-15-2)5-9-4-10(12)7-13-6-9/h4,6-7,11,14H,3,5,8H2,1-2H3. The van der Waals surface area contributed by atoms with Crippen molar-refractivity contribution in [2.24, 2.45) is 0 Å². The molecule has 84 valence electrons. The van der Waals surface area contributed by atoms with Crippen molar-refractivity contribution in [2.75, 3.05) is 20.3 Å². The number of pyridine rings is 1. The van der Waals surface area contributed by atoms with Crippen LogP contribution in [0.25, 0.3) is 0 Å². The second kappa shape index (κ2) is 6.93. The molecule has 0 aliphatic rings. The number of ether oxygens (including phenoxy) is 1. The van der Waals surface area contributed by atoms with Gasteiger partial charge in [-0.05, 0) is 40.5 Å². The van der Waals surface area contributed by atoms with E-state index in [1.807, 2.05) is 6.20 Å². The molecule has 1 atom stereocenters. The Morgan fingerprint density at radius 1 is 1.53 bits per heavy atom. The second-order valence-corrected chi connectivity index (χ2v) is 4.34. The van der Waals surface area contributed by atoms with Crippen LogP contribution in [0.15, 0.2) is 22.9 Å². The quantitative estimate of drug-likeness (QED) is 0.861. The molecule has 1 rings (SSSR count). The van der Waals surface area contributed by atoms with Crippen LogP contribution < -0.4 is 5.32 Å². The lowest BCUT2D eigenvalue weighted by atomic mass is 10.1. The summed E-state index contributed by atoms with van der Waals surface area (Å²) in [6, 6.07) is 2.45. The summed E-state index contributed by atoms with van der Waals surface area (Å²) < 4.78 is 6.19. The second-order valence-electron chi connectivity index (χ2n) is 3.43. The number of likely N-dealkylation sites (N-methyl/N-ethyl adjacent to an activating group) is 1. The van der Waals surface area contributed by atoms with E-state index in [0.29, 0.717) is 6.04 Å². The average Bonchev–Trinajstić information content (AvgIpc) is 2.18. The molecule has 0 saturated carbocycles. The molecule has 0 aliphatic heterocycles. The van der Waals surface area contributed by atoms with Crippen molar-refractivity contribution in [3.8, 4) is 0 Å². The Morgan fingerprint density at radius 2 is 2.33 bits per heavy atom. The van der Waals surface area contributed by atoms with Crippen LogP contribution >= 0.6 is 15.9 Å². The number of methoxy groups -OCH3 is 1. The number of nitrogens with one attached hydrogen (secondary N) is 1. The molecular formula is C11H17BrN2O. The molecular weight excluding hydrogens is 256 g/mol. The zero-order valence-electron chi connectivity index (χ0n) is 9.16. The third kappa shape index (κ3) is 4.73. The van der Waals surface area contributed by atoms with Crippen molar-refractivity contribution >= 4 is 15.9 Å². The summed E-state index contributed by atoms with van der Waals surface area (Å²) in [5.41, 5.74) is 1.22. The Morgan fingerprint density at radius 3 is 2.93 bits per heavy atom. The molecule has 0 aromatic carbocycles. The van der Waals surface area contributed by atoms with Crippen molar-refractivity contribution in [1.82, 2.24) is 10.3 Å². The molecule has 0 spiro atoms. The lowest BCUT2D eigenvalue weighted by molar-refractivity contribution is 0.167. The molecule has 0 fully saturated rings. The number of hydrogen-bond acceptors (Lipinski definition) is 3. The number of nitrogens with zero attached hydrogens (tertiary/aromatic N) is 1. The summed E-state index contributed by atoms with van der Waals surface area (Å²) >= 11 is 3.42. The molecule has 0 saturated heterocycles. The fraction of sp³-hybridized carbons (Fsp3) is 0.545. The van der Waals surface area contributed by atoms with Gasteiger partial charge in [0.2, 0.25) is 0 Å². The van der Waals surface area contributed by atoms with Gasteiger partial charge in [0.25, 0.3) is 0 Å². The largest absolute Gasteiger partial charge is 0.383 e. The molecule has 0 bridgehead atoms. The molecule has 0 radical (unpaired) electrons. The Kier molecular flexibility index (Phi) is 5.83. The van der Waals surface area contributed by atoms with E-state index in [2.05, 4.69) is 39.2 Å². The lowest BCUT2D eigenvalue weighted by Crippen LogP contribution is -2.35. The van der Waals surface area contributed by atoms with Gasteiger partial charge < -0.3 is 10.1 Å². The van der Waals surface area contributed by atoms with Crippen LogP contribution in [0.2, 0.25) is 0 Å². The fourth-order valence-corrected chi connectivity index (χ4v) is 1.94. The molecule has 1 aromatic heterocycles. The van der Waals surface area contributed by atoms with Crippen molar-refractivity contribution in [2.45, 2.75) is 19.4 Å². The zero-order chi connectivity index (χ0) is 11.1. The molecule has 1 aromatic rings. The highest BCUT2D eigenvalue weighted by Gasteiger charge is 2.08. The fourth-order valence-electron chi connectivity index (χ4n) is 1.53. The van der Waals surface area contributed by atoms with Crippen molar-refractivity contribution in [3.63, 3.8) is 0 Å². The van der Waals surface area contributed by atoms with Gasteiger partial charge in [-0.2, -0.15) is 0 Å². The Hall–Kier alpha value is -0.450. The Bertz CT molecular complexity index is 288. The number of aromatic nitrogens is 1. The van der Waals surface area contributed by atoms with Crippen LogP contribution in [0.3, 0.4) is 0 Å². The van der Waals surface area contributed by atoms with E-state index in [9.17, 15) is 0 Å². The van der Waals surface area contributed by atoms with Crippen LogP contribution in [0, 0.1) is 0 Å². The maximum Gasteiger partial charge on any atom is 0.0619 e. The molecule has 1 unspecified atom stereocenters. The van der Waals surface area contributed by atoms with Crippen molar-refractivity contribution in [1.29, 1.82) is 0 Å². The van der Waals surface area contributed by atoms with Crippen LogP contribution in [-0.4, -0.2) is 31.3 Å². The van der Waals surface area contributed by atoms with E-state index in [4.69, 9.17) is 4.74 Å². The molecule has 1 heterocycles. The van der Waals surface area contributed by atoms with Gasteiger partial charge in [0, 0.05) is 30.0 Å². The van der Waals surface area contributed by atoms with Crippen LogP contribution in [0.5, 0.6) is 0 Å². The van der Waals surface area contributed by atoms with E-state index < -0.39 is 0 Å². The van der Waals surface area contributed by atoms with Gasteiger partial charge in [0.1, 0.15) is 0 Å². The van der Waals surface area contributed by atoms with Gasteiger partial charge in [-0.3, -0.25) is 4.98 Å². The zero-order valence-corrected chi connectivity index (χ0v) is 10.8. The van der Waals surface area contributed by atoms with E-state index in [1.165, 1.54) is 5.56 Å². The first-order valence-corrected chi connectivity index (χ1v) is 5.87. The van der Waals surface area contributed by atoms with E-state index in [-0.39, 0.29) is 0 Å². The van der Waals surface area contributed by atoms with E-state index in [1.54, 1.807) is 13.3 Å². The summed E-state index contributed by atoms with van der Waals surface area (Å²) in [6.45, 7) is 3.78. The third-order valence-corrected chi connectivity index (χ3v) is 2.54. The average molecular weight is 273 g/mol. The highest BCUT2D eigenvalue weighted by Crippen LogP contribution is 2.11. The first-order chi connectivity index (χ1) is 7.26. The number of halogens is 1. The van der Waals surface area contributed by atoms with Gasteiger partial charge in [-0.1, -0.05) is 6.92 Å². The topological polar surface area (TPSA) is 34.1 Å². The number of rotatable bonds is 6. The SMILES string of the molecule is CCNC(COC)Cc1cncc(Br)c1. The van der Waals surface area contributed by atoms with Crippen molar-refractivity contribution < 1.29 is 4.74 Å². The predicted molar refractivity (Wildman–Crippen MR) is 65.0 cm³/mol. The first kappa shape index (κ1) is 12.6. The van der Waals surface area contributed by atoms with Gasteiger partial charge >= 0.3 is 0 Å². The maximum atomic E-state index is 5.16. The summed E-state index contributed by atoms with van der Waals surface area (Å²) in [5, 5.41) is 3.38. The Balaban J connectivity index is 2.56. The monoisotopic (exact) mass is 272 g/mol. The minimum Gasteiger partial charge on any atom is -0.383 e. The van der Waals surface area contributed by atoms with Gasteiger partial charge in [0.15, 0.2) is 0 Å². The lowest BCUT2D eigenvalue weighted by Gasteiger charge is -2.16. The Labute approximate surface area is 99.4 Å². The molecule has 4 heteroatoms. The number of hydrogen-bond donors (Lipinski definition) is 1. The molecule has 0 aliphatic carbocycles. The molecule has 0 amide bonds. The summed E-state index contributed by atoms with van der Waals surface area (Å²) in [4.78, 5) is 4.14. The normalized spacial score (nSPS) is 12.7. The summed E-state index contributed by atoms with van der Waals surface area (Å²) in [7, 11) is 1.73. The maximum absolute atomic E-state index is 5.16. The summed E-state index contributed by atoms with van der Waals surface area (Å²) in [5.74, 6) is 0. The highest BCUT2D eigenvalue weighted by molar-refractivity contribution is 9.10. The van der Waals surface area contributed by atoms with Crippen LogP contribution in [-0.2, 0) is 11.2 Å². The molecule has 3 nitrogen and oxygen atoms in total. The first-order valence-electron chi connectivity index (χ1n) is 5.08. The smallest absolute Gasteiger partial charge is 0.0619 e. The minimum atomic E-state index is 0.358. The highest BCUT2D eigenvalue weighted by atomic mass is 79.9. The van der Waals surface area contributed by atoms with E-state index >= 15 is 0 Å². The van der Waals surface area contributed by atoms with Gasteiger partial charge in [-0.15, -0.1) is 0 Å².